The van der Waals surface area contributed by atoms with Crippen molar-refractivity contribution in [1.82, 2.24) is 4.98 Å². The van der Waals surface area contributed by atoms with Crippen molar-refractivity contribution in [3.8, 4) is 5.88 Å². The molecular formula is C17H13BrClNO. The van der Waals surface area contributed by atoms with Gasteiger partial charge in [0.2, 0.25) is 5.88 Å². The van der Waals surface area contributed by atoms with Gasteiger partial charge in [-0.2, -0.15) is 0 Å². The molecule has 0 aliphatic carbocycles. The first-order chi connectivity index (χ1) is 10.3. The highest BCUT2D eigenvalue weighted by molar-refractivity contribution is 9.10. The summed E-state index contributed by atoms with van der Waals surface area (Å²) in [5.41, 5.74) is 2.12. The molecule has 1 heterocycles. The fraction of sp³-hybridized carbons (Fsp3) is 0.118. The first kappa shape index (κ1) is 14.4. The third-order valence-electron chi connectivity index (χ3n) is 3.27. The van der Waals surface area contributed by atoms with Crippen LogP contribution in [0.4, 0.5) is 0 Å². The summed E-state index contributed by atoms with van der Waals surface area (Å²) in [6.45, 7) is 0.491. The molecule has 3 aromatic rings. The van der Waals surface area contributed by atoms with E-state index < -0.39 is 0 Å². The van der Waals surface area contributed by atoms with Crippen LogP contribution in [0.5, 0.6) is 5.88 Å². The summed E-state index contributed by atoms with van der Waals surface area (Å²) in [6, 6.07) is 16.1. The van der Waals surface area contributed by atoms with Gasteiger partial charge in [-0.3, -0.25) is 0 Å². The number of pyridine rings is 1. The number of ether oxygens (including phenoxy) is 1. The summed E-state index contributed by atoms with van der Waals surface area (Å²) in [6.07, 6.45) is 1.78. The van der Waals surface area contributed by atoms with E-state index in [1.165, 1.54) is 0 Å². The maximum atomic E-state index is 5.96. The topological polar surface area (TPSA) is 22.1 Å². The number of nitrogens with zero attached hydrogens (tertiary/aromatic N) is 1. The van der Waals surface area contributed by atoms with Crippen molar-refractivity contribution >= 4 is 38.3 Å². The molecule has 0 atom stereocenters. The van der Waals surface area contributed by atoms with E-state index in [-0.39, 0.29) is 0 Å². The molecule has 0 N–H and O–H groups in total. The number of hydrogen-bond acceptors (Lipinski definition) is 2. The Morgan fingerprint density at radius 1 is 1.00 bits per heavy atom. The maximum Gasteiger partial charge on any atom is 0.221 e. The molecule has 4 heteroatoms. The molecule has 0 saturated heterocycles. The molecule has 0 fully saturated rings. The van der Waals surface area contributed by atoms with Gasteiger partial charge in [-0.25, -0.2) is 4.98 Å². The Morgan fingerprint density at radius 2 is 1.71 bits per heavy atom. The molecule has 2 aromatic carbocycles. The highest BCUT2D eigenvalue weighted by Crippen LogP contribution is 2.27. The van der Waals surface area contributed by atoms with Crippen LogP contribution in [0.3, 0.4) is 0 Å². The summed E-state index contributed by atoms with van der Waals surface area (Å²) in [5.74, 6) is 1.09. The Bertz CT molecular complexity index is 758. The Kier molecular flexibility index (Phi) is 4.42. The van der Waals surface area contributed by atoms with Gasteiger partial charge in [0.15, 0.2) is 0 Å². The highest BCUT2D eigenvalue weighted by Gasteiger charge is 2.07. The average Bonchev–Trinajstić information content (AvgIpc) is 2.54. The second-order valence-corrected chi connectivity index (χ2v) is 5.87. The third kappa shape index (κ3) is 3.20. The van der Waals surface area contributed by atoms with Gasteiger partial charge < -0.3 is 4.74 Å². The lowest BCUT2D eigenvalue weighted by Gasteiger charge is -2.10. The van der Waals surface area contributed by atoms with Crippen LogP contribution in [0.15, 0.2) is 59.2 Å². The predicted octanol–water partition coefficient (Wildman–Crippen LogP) is 5.32. The smallest absolute Gasteiger partial charge is 0.221 e. The van der Waals surface area contributed by atoms with Crippen molar-refractivity contribution in [2.24, 2.45) is 0 Å². The molecule has 0 aliphatic heterocycles. The van der Waals surface area contributed by atoms with Gasteiger partial charge in [0.05, 0.1) is 0 Å². The molecule has 0 saturated carbocycles. The van der Waals surface area contributed by atoms with E-state index in [0.29, 0.717) is 18.4 Å². The fourth-order valence-electron chi connectivity index (χ4n) is 2.18. The second-order valence-electron chi connectivity index (χ2n) is 4.68. The minimum atomic E-state index is 0.445. The molecule has 0 spiro atoms. The minimum Gasteiger partial charge on any atom is -0.472 e. The monoisotopic (exact) mass is 361 g/mol. The van der Waals surface area contributed by atoms with Gasteiger partial charge in [-0.15, -0.1) is 11.6 Å². The first-order valence-electron chi connectivity index (χ1n) is 6.58. The largest absolute Gasteiger partial charge is 0.472 e. The normalized spacial score (nSPS) is 10.8. The Morgan fingerprint density at radius 3 is 2.43 bits per heavy atom. The van der Waals surface area contributed by atoms with Crippen LogP contribution >= 0.6 is 27.5 Å². The Hall–Kier alpha value is -1.58. The van der Waals surface area contributed by atoms with E-state index in [2.05, 4.69) is 20.9 Å². The summed E-state index contributed by atoms with van der Waals surface area (Å²) >= 11 is 9.38. The highest BCUT2D eigenvalue weighted by atomic mass is 79.9. The van der Waals surface area contributed by atoms with E-state index in [9.17, 15) is 0 Å². The zero-order valence-corrected chi connectivity index (χ0v) is 13.6. The molecule has 0 aliphatic rings. The number of alkyl halides is 1. The van der Waals surface area contributed by atoms with Crippen molar-refractivity contribution in [1.29, 1.82) is 0 Å². The van der Waals surface area contributed by atoms with Crippen molar-refractivity contribution in [2.75, 3.05) is 0 Å². The molecule has 0 bridgehead atoms. The van der Waals surface area contributed by atoms with Gasteiger partial charge >= 0.3 is 0 Å². The predicted molar refractivity (Wildman–Crippen MR) is 89.8 cm³/mol. The maximum absolute atomic E-state index is 5.96. The molecule has 106 valence electrons. The number of halogens is 2. The second kappa shape index (κ2) is 6.46. The number of fused-ring (bicyclic) bond motifs is 1. The van der Waals surface area contributed by atoms with Gasteiger partial charge in [0.1, 0.15) is 6.61 Å². The van der Waals surface area contributed by atoms with E-state index in [1.807, 2.05) is 48.5 Å². The third-order valence-corrected chi connectivity index (χ3v) is 4.09. The number of hydrogen-bond donors (Lipinski definition) is 0. The van der Waals surface area contributed by atoms with E-state index in [4.69, 9.17) is 16.3 Å². The van der Waals surface area contributed by atoms with Gasteiger partial charge in [0, 0.05) is 21.9 Å². The zero-order chi connectivity index (χ0) is 14.7. The summed E-state index contributed by atoms with van der Waals surface area (Å²) in [4.78, 5) is 4.39. The van der Waals surface area contributed by atoms with Crippen molar-refractivity contribution in [3.63, 3.8) is 0 Å². The number of benzene rings is 2. The van der Waals surface area contributed by atoms with Crippen LogP contribution in [0.2, 0.25) is 0 Å². The van der Waals surface area contributed by atoms with Crippen molar-refractivity contribution < 1.29 is 4.74 Å². The van der Waals surface area contributed by atoms with Gasteiger partial charge in [0.25, 0.3) is 0 Å². The van der Waals surface area contributed by atoms with Crippen LogP contribution in [0, 0.1) is 0 Å². The summed E-state index contributed by atoms with van der Waals surface area (Å²) in [7, 11) is 0. The minimum absolute atomic E-state index is 0.445. The zero-order valence-electron chi connectivity index (χ0n) is 11.2. The molecule has 21 heavy (non-hydrogen) atoms. The van der Waals surface area contributed by atoms with Gasteiger partial charge in [-0.05, 0) is 34.7 Å². The molecule has 2 nitrogen and oxygen atoms in total. The van der Waals surface area contributed by atoms with Crippen molar-refractivity contribution in [3.05, 3.63) is 70.3 Å². The molecule has 3 rings (SSSR count). The van der Waals surface area contributed by atoms with E-state index in [1.54, 1.807) is 6.20 Å². The lowest BCUT2D eigenvalue weighted by molar-refractivity contribution is 0.298. The number of rotatable bonds is 4. The molecule has 0 amide bonds. The van der Waals surface area contributed by atoms with Crippen LogP contribution in [0.1, 0.15) is 11.1 Å². The SMILES string of the molecule is ClCc1cnc(OCc2ccc(Br)cc2)c2ccccc12. The molecule has 0 radical (unpaired) electrons. The van der Waals surface area contributed by atoms with E-state index in [0.717, 1.165) is 26.4 Å². The van der Waals surface area contributed by atoms with Crippen LogP contribution in [-0.2, 0) is 12.5 Å². The summed E-state index contributed by atoms with van der Waals surface area (Å²) in [5, 5.41) is 2.08. The fourth-order valence-corrected chi connectivity index (χ4v) is 2.66. The summed E-state index contributed by atoms with van der Waals surface area (Å²) < 4.78 is 6.93. The van der Waals surface area contributed by atoms with Crippen molar-refractivity contribution in [2.45, 2.75) is 12.5 Å². The standard InChI is InChI=1S/C17H13BrClNO/c18-14-7-5-12(6-8-14)11-21-17-16-4-2-1-3-15(16)13(9-19)10-20-17/h1-8,10H,9,11H2. The van der Waals surface area contributed by atoms with E-state index >= 15 is 0 Å². The lowest BCUT2D eigenvalue weighted by atomic mass is 10.1. The average molecular weight is 363 g/mol. The lowest BCUT2D eigenvalue weighted by Crippen LogP contribution is -1.99. The quantitative estimate of drug-likeness (QED) is 0.586. The number of aromatic nitrogens is 1. The van der Waals surface area contributed by atoms with Gasteiger partial charge in [-0.1, -0.05) is 46.3 Å². The molecule has 0 unspecified atom stereocenters. The van der Waals surface area contributed by atoms with Crippen LogP contribution in [-0.4, -0.2) is 4.98 Å². The Balaban J connectivity index is 1.89. The van der Waals surface area contributed by atoms with Crippen LogP contribution in [0.25, 0.3) is 10.8 Å². The van der Waals surface area contributed by atoms with Crippen LogP contribution < -0.4 is 4.74 Å². The first-order valence-corrected chi connectivity index (χ1v) is 7.90. The molecular weight excluding hydrogens is 350 g/mol. The molecule has 1 aromatic heterocycles. The Labute approximate surface area is 136 Å².